The Morgan fingerprint density at radius 3 is 2.43 bits per heavy atom. The van der Waals surface area contributed by atoms with Crippen LogP contribution in [0.4, 0.5) is 4.79 Å². The van der Waals surface area contributed by atoms with Gasteiger partial charge < -0.3 is 15.0 Å². The van der Waals surface area contributed by atoms with Crippen molar-refractivity contribution in [1.29, 1.82) is 0 Å². The van der Waals surface area contributed by atoms with E-state index in [0.717, 1.165) is 17.3 Å². The van der Waals surface area contributed by atoms with E-state index in [0.29, 0.717) is 19.1 Å². The highest BCUT2D eigenvalue weighted by Crippen LogP contribution is 2.17. The maximum Gasteiger partial charge on any atom is 0.317 e. The minimum Gasteiger partial charge on any atom is -0.460 e. The zero-order chi connectivity index (χ0) is 15.5. The molecule has 1 aromatic rings. The van der Waals surface area contributed by atoms with Crippen molar-refractivity contribution in [2.75, 3.05) is 13.1 Å². The van der Waals surface area contributed by atoms with Gasteiger partial charge in [-0.15, -0.1) is 0 Å². The van der Waals surface area contributed by atoms with E-state index in [1.165, 1.54) is 0 Å². The van der Waals surface area contributed by atoms with Gasteiger partial charge in [-0.25, -0.2) is 14.8 Å². The molecule has 116 valence electrons. The number of carbonyl (C=O) groups is 1. The number of rotatable bonds is 2. The second kappa shape index (κ2) is 6.60. The summed E-state index contributed by atoms with van der Waals surface area (Å²) in [6.45, 7) is 7.30. The number of piperidine rings is 1. The van der Waals surface area contributed by atoms with Gasteiger partial charge in [0.2, 0.25) is 0 Å². The van der Waals surface area contributed by atoms with Crippen molar-refractivity contribution < 1.29 is 9.53 Å². The van der Waals surface area contributed by atoms with Crippen molar-refractivity contribution in [3.8, 4) is 6.01 Å². The van der Waals surface area contributed by atoms with Crippen LogP contribution in [-0.2, 0) is 0 Å². The first-order chi connectivity index (χ1) is 9.83. The maximum atomic E-state index is 12.1. The van der Waals surface area contributed by atoms with Gasteiger partial charge in [-0.2, -0.15) is 0 Å². The summed E-state index contributed by atoms with van der Waals surface area (Å²) in [5.74, 6) is 0. The molecule has 7 heteroatoms. The Bertz CT molecular complexity index is 479. The minimum atomic E-state index is -0.213. The van der Waals surface area contributed by atoms with E-state index in [2.05, 4.69) is 31.2 Å². The van der Waals surface area contributed by atoms with Crippen LogP contribution in [0, 0.1) is 0 Å². The van der Waals surface area contributed by atoms with Gasteiger partial charge in [0.05, 0.1) is 4.47 Å². The summed E-state index contributed by atoms with van der Waals surface area (Å²) in [5.41, 5.74) is -0.213. The Morgan fingerprint density at radius 1 is 1.33 bits per heavy atom. The molecule has 1 aliphatic rings. The quantitative estimate of drug-likeness (QED) is 0.884. The van der Waals surface area contributed by atoms with Crippen molar-refractivity contribution in [3.63, 3.8) is 0 Å². The second-order valence-corrected chi connectivity index (χ2v) is 7.08. The minimum absolute atomic E-state index is 0.0131. The fourth-order valence-corrected chi connectivity index (χ4v) is 2.29. The monoisotopic (exact) mass is 356 g/mol. The average Bonchev–Trinajstić information content (AvgIpc) is 2.40. The van der Waals surface area contributed by atoms with Crippen molar-refractivity contribution >= 4 is 22.0 Å². The van der Waals surface area contributed by atoms with E-state index < -0.39 is 0 Å². The van der Waals surface area contributed by atoms with Crippen molar-refractivity contribution in [2.24, 2.45) is 0 Å². The van der Waals surface area contributed by atoms with Gasteiger partial charge >= 0.3 is 12.0 Å². The summed E-state index contributed by atoms with van der Waals surface area (Å²) in [6, 6.07) is 0.372. The first kappa shape index (κ1) is 16.0. The number of likely N-dealkylation sites (tertiary alicyclic amines) is 1. The molecule has 0 aliphatic carbocycles. The Balaban J connectivity index is 1.80. The number of hydrogen-bond acceptors (Lipinski definition) is 4. The molecule has 2 amide bonds. The van der Waals surface area contributed by atoms with Gasteiger partial charge in [0.25, 0.3) is 0 Å². The third kappa shape index (κ3) is 5.15. The number of nitrogens with one attached hydrogen (secondary N) is 1. The molecule has 1 N–H and O–H groups in total. The molecule has 1 saturated heterocycles. The Morgan fingerprint density at radius 2 is 1.90 bits per heavy atom. The molecule has 2 heterocycles. The van der Waals surface area contributed by atoms with Crippen LogP contribution < -0.4 is 10.1 Å². The lowest BCUT2D eigenvalue weighted by Crippen LogP contribution is -2.51. The number of carbonyl (C=O) groups excluding carboxylic acids is 1. The van der Waals surface area contributed by atoms with Crippen LogP contribution in [0.2, 0.25) is 0 Å². The molecule has 1 aliphatic heterocycles. The lowest BCUT2D eigenvalue weighted by molar-refractivity contribution is 0.101. The SMILES string of the molecule is CC(C)(C)NC(=O)N1CCC(Oc2ncc(Br)cn2)CC1. The van der Waals surface area contributed by atoms with Crippen molar-refractivity contribution in [3.05, 3.63) is 16.9 Å². The normalized spacial score (nSPS) is 16.7. The van der Waals surface area contributed by atoms with Gasteiger partial charge in [-0.3, -0.25) is 0 Å². The maximum absolute atomic E-state index is 12.1. The fraction of sp³-hybridized carbons (Fsp3) is 0.643. The molecule has 0 spiro atoms. The first-order valence-electron chi connectivity index (χ1n) is 7.05. The lowest BCUT2D eigenvalue weighted by Gasteiger charge is -2.33. The largest absolute Gasteiger partial charge is 0.460 e. The van der Waals surface area contributed by atoms with E-state index >= 15 is 0 Å². The number of hydrogen-bond donors (Lipinski definition) is 1. The fourth-order valence-electron chi connectivity index (χ4n) is 2.09. The Hall–Kier alpha value is -1.37. The van der Waals surface area contributed by atoms with Crippen LogP contribution >= 0.6 is 15.9 Å². The Kier molecular flexibility index (Phi) is 5.03. The number of nitrogens with zero attached hydrogens (tertiary/aromatic N) is 3. The molecule has 0 radical (unpaired) electrons. The summed E-state index contributed by atoms with van der Waals surface area (Å²) in [4.78, 5) is 22.1. The number of ether oxygens (including phenoxy) is 1. The van der Waals surface area contributed by atoms with Gasteiger partial charge in [-0.05, 0) is 36.7 Å². The standard InChI is InChI=1S/C14H21BrN4O2/c1-14(2,3)18-13(20)19-6-4-11(5-7-19)21-12-16-8-10(15)9-17-12/h8-9,11H,4-7H2,1-3H3,(H,18,20). The average molecular weight is 357 g/mol. The third-order valence-electron chi connectivity index (χ3n) is 3.08. The van der Waals surface area contributed by atoms with Crippen LogP contribution in [0.3, 0.4) is 0 Å². The molecule has 0 unspecified atom stereocenters. The zero-order valence-corrected chi connectivity index (χ0v) is 14.2. The van der Waals surface area contributed by atoms with E-state index in [1.807, 2.05) is 25.7 Å². The zero-order valence-electron chi connectivity index (χ0n) is 12.6. The van der Waals surface area contributed by atoms with E-state index in [1.54, 1.807) is 12.4 Å². The molecule has 2 rings (SSSR count). The van der Waals surface area contributed by atoms with Gasteiger partial charge in [0.15, 0.2) is 0 Å². The number of aromatic nitrogens is 2. The molecule has 21 heavy (non-hydrogen) atoms. The highest BCUT2D eigenvalue weighted by Gasteiger charge is 2.26. The van der Waals surface area contributed by atoms with E-state index in [-0.39, 0.29) is 17.7 Å². The smallest absolute Gasteiger partial charge is 0.317 e. The molecule has 1 aromatic heterocycles. The van der Waals surface area contributed by atoms with Crippen LogP contribution in [-0.4, -0.2) is 45.6 Å². The molecular weight excluding hydrogens is 336 g/mol. The molecule has 0 aromatic carbocycles. The van der Waals surface area contributed by atoms with Crippen LogP contribution in [0.15, 0.2) is 16.9 Å². The van der Waals surface area contributed by atoms with Crippen molar-refractivity contribution in [1.82, 2.24) is 20.2 Å². The Labute approximate surface area is 133 Å². The van der Waals surface area contributed by atoms with Crippen LogP contribution in [0.1, 0.15) is 33.6 Å². The summed E-state index contributed by atoms with van der Waals surface area (Å²) in [5, 5.41) is 2.98. The van der Waals surface area contributed by atoms with Crippen molar-refractivity contribution in [2.45, 2.75) is 45.3 Å². The van der Waals surface area contributed by atoms with Crippen LogP contribution in [0.25, 0.3) is 0 Å². The molecule has 0 saturated carbocycles. The summed E-state index contributed by atoms with van der Waals surface area (Å²) in [7, 11) is 0. The molecule has 0 atom stereocenters. The van der Waals surface area contributed by atoms with Gasteiger partial charge in [-0.1, -0.05) is 0 Å². The second-order valence-electron chi connectivity index (χ2n) is 6.17. The highest BCUT2D eigenvalue weighted by atomic mass is 79.9. The first-order valence-corrected chi connectivity index (χ1v) is 7.84. The number of halogens is 1. The predicted molar refractivity (Wildman–Crippen MR) is 83.2 cm³/mol. The van der Waals surface area contributed by atoms with Gasteiger partial charge in [0, 0.05) is 43.9 Å². The molecular formula is C14H21BrN4O2. The summed E-state index contributed by atoms with van der Waals surface area (Å²) in [6.07, 6.45) is 4.96. The van der Waals surface area contributed by atoms with Gasteiger partial charge in [0.1, 0.15) is 6.10 Å². The third-order valence-corrected chi connectivity index (χ3v) is 3.49. The predicted octanol–water partition coefficient (Wildman–Crippen LogP) is 2.59. The highest BCUT2D eigenvalue weighted by molar-refractivity contribution is 9.10. The molecule has 0 bridgehead atoms. The molecule has 1 fully saturated rings. The van der Waals surface area contributed by atoms with Crippen LogP contribution in [0.5, 0.6) is 6.01 Å². The molecule has 6 nitrogen and oxygen atoms in total. The van der Waals surface area contributed by atoms with E-state index in [9.17, 15) is 4.79 Å². The summed E-state index contributed by atoms with van der Waals surface area (Å²) < 4.78 is 6.56. The summed E-state index contributed by atoms with van der Waals surface area (Å²) >= 11 is 3.29. The van der Waals surface area contributed by atoms with E-state index in [4.69, 9.17) is 4.74 Å². The number of urea groups is 1. The lowest BCUT2D eigenvalue weighted by atomic mass is 10.1. The number of amides is 2. The topological polar surface area (TPSA) is 67.4 Å².